The lowest BCUT2D eigenvalue weighted by atomic mass is 10.3. The van der Waals surface area contributed by atoms with Crippen LogP contribution in [0.3, 0.4) is 0 Å². The summed E-state index contributed by atoms with van der Waals surface area (Å²) in [6.07, 6.45) is 6.57. The van der Waals surface area contributed by atoms with Crippen molar-refractivity contribution in [2.45, 2.75) is 19.8 Å². The summed E-state index contributed by atoms with van der Waals surface area (Å²) in [5, 5.41) is 7.40. The van der Waals surface area contributed by atoms with E-state index in [0.29, 0.717) is 18.2 Å². The SMILES string of the molecule is CCCCNc1nn(-c2cnccn2)c(N)c1C(=O)OC. The van der Waals surface area contributed by atoms with Crippen molar-refractivity contribution in [2.75, 3.05) is 24.7 Å². The van der Waals surface area contributed by atoms with Gasteiger partial charge in [0.15, 0.2) is 11.6 Å². The molecule has 0 radical (unpaired) electrons. The molecule has 0 fully saturated rings. The van der Waals surface area contributed by atoms with E-state index < -0.39 is 5.97 Å². The Balaban J connectivity index is 2.41. The molecule has 0 saturated heterocycles. The number of hydrogen-bond donors (Lipinski definition) is 2. The minimum Gasteiger partial charge on any atom is -0.465 e. The molecule has 0 aliphatic heterocycles. The Bertz CT molecular complexity index is 611. The van der Waals surface area contributed by atoms with E-state index in [-0.39, 0.29) is 11.4 Å². The minimum absolute atomic E-state index is 0.168. The minimum atomic E-state index is -0.540. The number of aromatic nitrogens is 4. The van der Waals surface area contributed by atoms with Crippen molar-refractivity contribution in [3.05, 3.63) is 24.2 Å². The van der Waals surface area contributed by atoms with Crippen LogP contribution in [-0.2, 0) is 4.74 Å². The molecule has 3 N–H and O–H groups in total. The van der Waals surface area contributed by atoms with E-state index in [1.54, 1.807) is 6.20 Å². The smallest absolute Gasteiger partial charge is 0.345 e. The number of nitrogens with one attached hydrogen (secondary N) is 1. The highest BCUT2D eigenvalue weighted by atomic mass is 16.5. The zero-order valence-corrected chi connectivity index (χ0v) is 12.0. The van der Waals surface area contributed by atoms with Gasteiger partial charge in [0.25, 0.3) is 0 Å². The highest BCUT2D eigenvalue weighted by Gasteiger charge is 2.23. The fourth-order valence-electron chi connectivity index (χ4n) is 1.82. The zero-order chi connectivity index (χ0) is 15.2. The molecule has 0 bridgehead atoms. The summed E-state index contributed by atoms with van der Waals surface area (Å²) >= 11 is 0. The van der Waals surface area contributed by atoms with Crippen LogP contribution in [0.4, 0.5) is 11.6 Å². The Hall–Kier alpha value is -2.64. The Kier molecular flexibility index (Phi) is 4.70. The van der Waals surface area contributed by atoms with Crippen molar-refractivity contribution in [3.63, 3.8) is 0 Å². The number of methoxy groups -OCH3 is 1. The van der Waals surface area contributed by atoms with Crippen molar-refractivity contribution in [3.8, 4) is 5.82 Å². The third-order valence-electron chi connectivity index (χ3n) is 2.90. The number of ether oxygens (including phenoxy) is 1. The largest absolute Gasteiger partial charge is 0.465 e. The third kappa shape index (κ3) is 3.10. The molecule has 8 nitrogen and oxygen atoms in total. The molecule has 8 heteroatoms. The molecule has 0 saturated carbocycles. The van der Waals surface area contributed by atoms with Crippen molar-refractivity contribution in [2.24, 2.45) is 0 Å². The molecule has 2 heterocycles. The second-order valence-corrected chi connectivity index (χ2v) is 4.36. The van der Waals surface area contributed by atoms with Gasteiger partial charge in [-0.15, -0.1) is 5.10 Å². The van der Waals surface area contributed by atoms with Gasteiger partial charge in [0.2, 0.25) is 0 Å². The molecular formula is C13H18N6O2. The summed E-state index contributed by atoms with van der Waals surface area (Å²) in [5.74, 6) is 0.449. The number of anilines is 2. The number of hydrogen-bond acceptors (Lipinski definition) is 7. The van der Waals surface area contributed by atoms with E-state index in [1.165, 1.54) is 24.2 Å². The number of nitrogen functional groups attached to an aromatic ring is 1. The lowest BCUT2D eigenvalue weighted by molar-refractivity contribution is 0.0603. The van der Waals surface area contributed by atoms with E-state index >= 15 is 0 Å². The first-order chi connectivity index (χ1) is 10.2. The van der Waals surface area contributed by atoms with E-state index in [2.05, 4.69) is 27.3 Å². The Morgan fingerprint density at radius 1 is 1.48 bits per heavy atom. The van der Waals surface area contributed by atoms with Crippen LogP contribution in [0, 0.1) is 0 Å². The Morgan fingerprint density at radius 2 is 2.29 bits per heavy atom. The molecule has 0 aliphatic carbocycles. The van der Waals surface area contributed by atoms with Crippen LogP contribution < -0.4 is 11.1 Å². The highest BCUT2D eigenvalue weighted by Crippen LogP contribution is 2.24. The number of rotatable bonds is 6. The molecule has 2 aromatic rings. The molecule has 112 valence electrons. The Morgan fingerprint density at radius 3 is 2.90 bits per heavy atom. The topological polar surface area (TPSA) is 108 Å². The summed E-state index contributed by atoms with van der Waals surface area (Å²) in [6, 6.07) is 0. The van der Waals surface area contributed by atoms with Gasteiger partial charge in [-0.2, -0.15) is 4.68 Å². The van der Waals surface area contributed by atoms with Gasteiger partial charge in [-0.1, -0.05) is 13.3 Å². The summed E-state index contributed by atoms with van der Waals surface area (Å²) in [5.41, 5.74) is 6.22. The normalized spacial score (nSPS) is 10.4. The van der Waals surface area contributed by atoms with E-state index in [9.17, 15) is 4.79 Å². The summed E-state index contributed by atoms with van der Waals surface area (Å²) in [6.45, 7) is 2.77. The van der Waals surface area contributed by atoms with E-state index in [1.807, 2.05) is 0 Å². The van der Waals surface area contributed by atoms with Crippen LogP contribution in [0.5, 0.6) is 0 Å². The number of esters is 1. The van der Waals surface area contributed by atoms with Crippen LogP contribution in [0.2, 0.25) is 0 Å². The average molecular weight is 290 g/mol. The molecule has 0 aromatic carbocycles. The van der Waals surface area contributed by atoms with E-state index in [0.717, 1.165) is 12.8 Å². The monoisotopic (exact) mass is 290 g/mol. The average Bonchev–Trinajstić information content (AvgIpc) is 2.84. The maximum absolute atomic E-state index is 11.9. The summed E-state index contributed by atoms with van der Waals surface area (Å²) < 4.78 is 6.13. The van der Waals surface area contributed by atoms with Crippen molar-refractivity contribution in [1.82, 2.24) is 19.7 Å². The number of unbranched alkanes of at least 4 members (excludes halogenated alkanes) is 1. The first kappa shape index (κ1) is 14.8. The fraction of sp³-hybridized carbons (Fsp3) is 0.385. The zero-order valence-electron chi connectivity index (χ0n) is 12.0. The van der Waals surface area contributed by atoms with E-state index in [4.69, 9.17) is 10.5 Å². The number of carbonyl (C=O) groups is 1. The Labute approximate surface area is 122 Å². The summed E-state index contributed by atoms with van der Waals surface area (Å²) in [7, 11) is 1.30. The van der Waals surface area contributed by atoms with Crippen molar-refractivity contribution in [1.29, 1.82) is 0 Å². The van der Waals surface area contributed by atoms with Gasteiger partial charge in [-0.25, -0.2) is 9.78 Å². The van der Waals surface area contributed by atoms with Crippen LogP contribution in [0.25, 0.3) is 5.82 Å². The van der Waals surface area contributed by atoms with Crippen LogP contribution >= 0.6 is 0 Å². The van der Waals surface area contributed by atoms with Crippen LogP contribution in [-0.4, -0.2) is 39.4 Å². The van der Waals surface area contributed by atoms with Gasteiger partial charge in [0, 0.05) is 18.9 Å². The maximum atomic E-state index is 11.9. The molecule has 0 amide bonds. The fourth-order valence-corrected chi connectivity index (χ4v) is 1.82. The molecule has 0 unspecified atom stereocenters. The first-order valence-electron chi connectivity index (χ1n) is 6.66. The number of carbonyl (C=O) groups excluding carboxylic acids is 1. The molecule has 2 aromatic heterocycles. The predicted octanol–water partition coefficient (Wildman–Crippen LogP) is 1.24. The lowest BCUT2D eigenvalue weighted by Gasteiger charge is -2.03. The van der Waals surface area contributed by atoms with Crippen molar-refractivity contribution < 1.29 is 9.53 Å². The third-order valence-corrected chi connectivity index (χ3v) is 2.90. The van der Waals surface area contributed by atoms with Gasteiger partial charge >= 0.3 is 5.97 Å². The van der Waals surface area contributed by atoms with Gasteiger partial charge in [-0.05, 0) is 6.42 Å². The van der Waals surface area contributed by atoms with Gasteiger partial charge in [0.1, 0.15) is 11.4 Å². The maximum Gasteiger partial charge on any atom is 0.345 e. The van der Waals surface area contributed by atoms with Crippen LogP contribution in [0.1, 0.15) is 30.1 Å². The number of nitrogens with zero attached hydrogens (tertiary/aromatic N) is 4. The molecular weight excluding hydrogens is 272 g/mol. The van der Waals surface area contributed by atoms with Gasteiger partial charge in [0.05, 0.1) is 13.3 Å². The summed E-state index contributed by atoms with van der Waals surface area (Å²) in [4.78, 5) is 20.0. The number of nitrogens with two attached hydrogens (primary N) is 1. The second-order valence-electron chi connectivity index (χ2n) is 4.36. The molecule has 0 spiro atoms. The highest BCUT2D eigenvalue weighted by molar-refractivity contribution is 5.99. The van der Waals surface area contributed by atoms with Gasteiger partial charge in [-0.3, -0.25) is 4.98 Å². The predicted molar refractivity (Wildman–Crippen MR) is 78.3 cm³/mol. The molecule has 0 aliphatic rings. The molecule has 2 rings (SSSR count). The molecule has 0 atom stereocenters. The molecule has 21 heavy (non-hydrogen) atoms. The second kappa shape index (κ2) is 6.69. The lowest BCUT2D eigenvalue weighted by Crippen LogP contribution is -2.10. The van der Waals surface area contributed by atoms with Crippen molar-refractivity contribution >= 4 is 17.6 Å². The van der Waals surface area contributed by atoms with Gasteiger partial charge < -0.3 is 15.8 Å². The standard InChI is InChI=1S/C13H18N6O2/c1-3-4-5-17-12-10(13(20)21-2)11(14)19(18-12)9-8-15-6-7-16-9/h6-8H,3-5,14H2,1-2H3,(H,17,18). The van der Waals surface area contributed by atoms with Crippen LogP contribution in [0.15, 0.2) is 18.6 Å². The first-order valence-corrected chi connectivity index (χ1v) is 6.66. The quantitative estimate of drug-likeness (QED) is 0.608.